The van der Waals surface area contributed by atoms with Crippen LogP contribution in [0.15, 0.2) is 0 Å². The standard InChI is InChI=1S/C12H26N2/c1-10(2)8-13-5-6-14(4)9-12-7-11(12)3/h10-13H,5-9H2,1-4H3. The van der Waals surface area contributed by atoms with E-state index in [4.69, 9.17) is 0 Å². The lowest BCUT2D eigenvalue weighted by atomic mass is 10.2. The van der Waals surface area contributed by atoms with Gasteiger partial charge in [0.25, 0.3) is 0 Å². The van der Waals surface area contributed by atoms with E-state index in [1.807, 2.05) is 0 Å². The van der Waals surface area contributed by atoms with Crippen molar-refractivity contribution in [1.82, 2.24) is 10.2 Å². The molecule has 14 heavy (non-hydrogen) atoms. The topological polar surface area (TPSA) is 15.3 Å². The van der Waals surface area contributed by atoms with Gasteiger partial charge in [-0.25, -0.2) is 0 Å². The van der Waals surface area contributed by atoms with Gasteiger partial charge in [0.2, 0.25) is 0 Å². The van der Waals surface area contributed by atoms with Crippen molar-refractivity contribution >= 4 is 0 Å². The first-order chi connectivity index (χ1) is 6.59. The monoisotopic (exact) mass is 198 g/mol. The fraction of sp³-hybridized carbons (Fsp3) is 1.00. The van der Waals surface area contributed by atoms with Gasteiger partial charge in [0.15, 0.2) is 0 Å². The second-order valence-corrected chi connectivity index (χ2v) is 5.33. The molecule has 1 saturated carbocycles. The lowest BCUT2D eigenvalue weighted by Crippen LogP contribution is -2.32. The third-order valence-corrected chi connectivity index (χ3v) is 3.05. The van der Waals surface area contributed by atoms with E-state index in [2.05, 4.69) is 38.0 Å². The molecule has 0 saturated heterocycles. The summed E-state index contributed by atoms with van der Waals surface area (Å²) in [4.78, 5) is 2.46. The molecule has 0 bridgehead atoms. The second-order valence-electron chi connectivity index (χ2n) is 5.33. The summed E-state index contributed by atoms with van der Waals surface area (Å²) in [6, 6.07) is 0. The van der Waals surface area contributed by atoms with Crippen LogP contribution >= 0.6 is 0 Å². The molecule has 0 spiro atoms. The van der Waals surface area contributed by atoms with Crippen LogP contribution in [0.5, 0.6) is 0 Å². The van der Waals surface area contributed by atoms with E-state index in [1.54, 1.807) is 0 Å². The molecular formula is C12H26N2. The quantitative estimate of drug-likeness (QED) is 0.628. The minimum Gasteiger partial charge on any atom is -0.315 e. The maximum atomic E-state index is 3.48. The number of nitrogens with zero attached hydrogens (tertiary/aromatic N) is 1. The third-order valence-electron chi connectivity index (χ3n) is 3.05. The fourth-order valence-electron chi connectivity index (χ4n) is 1.81. The van der Waals surface area contributed by atoms with Crippen molar-refractivity contribution in [3.63, 3.8) is 0 Å². The average molecular weight is 198 g/mol. The lowest BCUT2D eigenvalue weighted by Gasteiger charge is -2.17. The van der Waals surface area contributed by atoms with E-state index in [0.717, 1.165) is 30.8 Å². The van der Waals surface area contributed by atoms with Crippen molar-refractivity contribution in [1.29, 1.82) is 0 Å². The Bertz CT molecular complexity index is 156. The fourth-order valence-corrected chi connectivity index (χ4v) is 1.81. The maximum absolute atomic E-state index is 3.48. The highest BCUT2D eigenvalue weighted by atomic mass is 15.1. The summed E-state index contributed by atoms with van der Waals surface area (Å²) < 4.78 is 0. The van der Waals surface area contributed by atoms with Crippen molar-refractivity contribution in [3.05, 3.63) is 0 Å². The van der Waals surface area contributed by atoms with Gasteiger partial charge in [-0.05, 0) is 37.8 Å². The average Bonchev–Trinajstić information content (AvgIpc) is 2.75. The molecule has 0 radical (unpaired) electrons. The van der Waals surface area contributed by atoms with Crippen LogP contribution in [0.2, 0.25) is 0 Å². The van der Waals surface area contributed by atoms with E-state index in [9.17, 15) is 0 Å². The number of likely N-dealkylation sites (N-methyl/N-ethyl adjacent to an activating group) is 1. The van der Waals surface area contributed by atoms with Crippen molar-refractivity contribution in [2.24, 2.45) is 17.8 Å². The molecule has 2 atom stereocenters. The van der Waals surface area contributed by atoms with E-state index < -0.39 is 0 Å². The molecule has 2 heteroatoms. The van der Waals surface area contributed by atoms with Gasteiger partial charge >= 0.3 is 0 Å². The molecule has 1 rings (SSSR count). The first-order valence-electron chi connectivity index (χ1n) is 5.99. The summed E-state index contributed by atoms with van der Waals surface area (Å²) in [5.41, 5.74) is 0. The first-order valence-corrected chi connectivity index (χ1v) is 5.99. The maximum Gasteiger partial charge on any atom is 0.0104 e. The van der Waals surface area contributed by atoms with Crippen molar-refractivity contribution in [2.75, 3.05) is 33.2 Å². The molecule has 0 amide bonds. The number of rotatable bonds is 7. The van der Waals surface area contributed by atoms with Crippen molar-refractivity contribution in [3.8, 4) is 0 Å². The van der Waals surface area contributed by atoms with Crippen LogP contribution in [-0.2, 0) is 0 Å². The highest BCUT2D eigenvalue weighted by Crippen LogP contribution is 2.37. The Hall–Kier alpha value is -0.0800. The Morgan fingerprint density at radius 1 is 1.43 bits per heavy atom. The van der Waals surface area contributed by atoms with Crippen LogP contribution in [0, 0.1) is 17.8 Å². The van der Waals surface area contributed by atoms with Gasteiger partial charge in [-0.2, -0.15) is 0 Å². The van der Waals surface area contributed by atoms with Crippen LogP contribution in [0.3, 0.4) is 0 Å². The van der Waals surface area contributed by atoms with Gasteiger partial charge in [-0.15, -0.1) is 0 Å². The van der Waals surface area contributed by atoms with Gasteiger partial charge in [-0.3, -0.25) is 0 Å². The Kier molecular flexibility index (Phi) is 4.90. The molecule has 0 aromatic carbocycles. The Morgan fingerprint density at radius 3 is 2.57 bits per heavy atom. The molecule has 0 heterocycles. The molecule has 0 aromatic heterocycles. The lowest BCUT2D eigenvalue weighted by molar-refractivity contribution is 0.311. The molecule has 1 fully saturated rings. The highest BCUT2D eigenvalue weighted by Gasteiger charge is 2.32. The zero-order chi connectivity index (χ0) is 10.6. The number of nitrogens with one attached hydrogen (secondary N) is 1. The summed E-state index contributed by atoms with van der Waals surface area (Å²) in [5, 5.41) is 3.48. The minimum absolute atomic E-state index is 0.767. The van der Waals surface area contributed by atoms with E-state index in [1.165, 1.54) is 19.5 Å². The van der Waals surface area contributed by atoms with E-state index >= 15 is 0 Å². The molecule has 1 N–H and O–H groups in total. The predicted molar refractivity (Wildman–Crippen MR) is 62.5 cm³/mol. The smallest absolute Gasteiger partial charge is 0.0104 e. The van der Waals surface area contributed by atoms with Gasteiger partial charge in [0.05, 0.1) is 0 Å². The molecule has 0 aromatic rings. The summed E-state index contributed by atoms with van der Waals surface area (Å²) in [5.74, 6) is 2.75. The Labute approximate surface area is 89.1 Å². The van der Waals surface area contributed by atoms with Gasteiger partial charge < -0.3 is 10.2 Å². The van der Waals surface area contributed by atoms with E-state index in [0.29, 0.717) is 0 Å². The predicted octanol–water partition coefficient (Wildman–Crippen LogP) is 1.82. The van der Waals surface area contributed by atoms with Gasteiger partial charge in [0, 0.05) is 19.6 Å². The normalized spacial score (nSPS) is 26.1. The van der Waals surface area contributed by atoms with Gasteiger partial charge in [-0.1, -0.05) is 20.8 Å². The van der Waals surface area contributed by atoms with Crippen LogP contribution < -0.4 is 5.32 Å². The zero-order valence-corrected chi connectivity index (χ0v) is 10.2. The van der Waals surface area contributed by atoms with Crippen LogP contribution in [0.4, 0.5) is 0 Å². The minimum atomic E-state index is 0.767. The summed E-state index contributed by atoms with van der Waals surface area (Å²) in [6.07, 6.45) is 1.45. The van der Waals surface area contributed by atoms with E-state index in [-0.39, 0.29) is 0 Å². The summed E-state index contributed by atoms with van der Waals surface area (Å²) in [7, 11) is 2.24. The highest BCUT2D eigenvalue weighted by molar-refractivity contribution is 4.84. The van der Waals surface area contributed by atoms with Crippen LogP contribution in [0.25, 0.3) is 0 Å². The molecule has 2 unspecified atom stereocenters. The Morgan fingerprint density at radius 2 is 2.07 bits per heavy atom. The van der Waals surface area contributed by atoms with Gasteiger partial charge in [0.1, 0.15) is 0 Å². The Balaban J connectivity index is 1.90. The van der Waals surface area contributed by atoms with Crippen LogP contribution in [0.1, 0.15) is 27.2 Å². The summed E-state index contributed by atoms with van der Waals surface area (Å²) >= 11 is 0. The third kappa shape index (κ3) is 4.97. The number of hydrogen-bond acceptors (Lipinski definition) is 2. The molecule has 1 aliphatic rings. The molecule has 2 nitrogen and oxygen atoms in total. The second kappa shape index (κ2) is 5.72. The molecule has 1 aliphatic carbocycles. The largest absolute Gasteiger partial charge is 0.315 e. The first kappa shape index (κ1) is 12.0. The van der Waals surface area contributed by atoms with Crippen molar-refractivity contribution in [2.45, 2.75) is 27.2 Å². The summed E-state index contributed by atoms with van der Waals surface area (Å²) in [6.45, 7) is 11.6. The van der Waals surface area contributed by atoms with Crippen LogP contribution in [-0.4, -0.2) is 38.1 Å². The zero-order valence-electron chi connectivity index (χ0n) is 10.2. The SMILES string of the molecule is CC(C)CNCCN(C)CC1CC1C. The van der Waals surface area contributed by atoms with Crippen molar-refractivity contribution < 1.29 is 0 Å². The molecule has 84 valence electrons. The molecule has 0 aliphatic heterocycles. The molecular weight excluding hydrogens is 172 g/mol. The number of hydrogen-bond donors (Lipinski definition) is 1.